The van der Waals surface area contributed by atoms with Gasteiger partial charge in [-0.05, 0) is 31.6 Å². The van der Waals surface area contributed by atoms with E-state index in [1.54, 1.807) is 6.92 Å². The maximum Gasteiger partial charge on any atom is 0.187 e. The summed E-state index contributed by atoms with van der Waals surface area (Å²) >= 11 is 0. The highest BCUT2D eigenvalue weighted by atomic mass is 16.7. The molecule has 13 nitrogen and oxygen atoms in total. The summed E-state index contributed by atoms with van der Waals surface area (Å²) in [6.07, 6.45) is -11.5. The van der Waals surface area contributed by atoms with Crippen LogP contribution in [0, 0.1) is 11.8 Å². The van der Waals surface area contributed by atoms with Gasteiger partial charge in [0.25, 0.3) is 0 Å². The Morgan fingerprint density at radius 1 is 0.833 bits per heavy atom. The molecule has 1 aliphatic carbocycles. The van der Waals surface area contributed by atoms with Gasteiger partial charge in [-0.15, -0.1) is 0 Å². The summed E-state index contributed by atoms with van der Waals surface area (Å²) in [5.74, 6) is 0.166. The van der Waals surface area contributed by atoms with Gasteiger partial charge in [-0.2, -0.15) is 0 Å². The van der Waals surface area contributed by atoms with Crippen LogP contribution in [0.15, 0.2) is 0 Å². The van der Waals surface area contributed by atoms with Crippen molar-refractivity contribution < 1.29 is 49.6 Å². The third-order valence-electron chi connectivity index (χ3n) is 7.54. The zero-order valence-corrected chi connectivity index (χ0v) is 21.1. The van der Waals surface area contributed by atoms with Crippen molar-refractivity contribution in [2.75, 3.05) is 6.61 Å². The lowest BCUT2D eigenvalue weighted by atomic mass is 9.76. The third-order valence-corrected chi connectivity index (χ3v) is 7.54. The van der Waals surface area contributed by atoms with Crippen molar-refractivity contribution in [2.45, 2.75) is 126 Å². The first-order valence-electron chi connectivity index (χ1n) is 12.8. The van der Waals surface area contributed by atoms with E-state index < -0.39 is 92.2 Å². The normalized spacial score (nSPS) is 48.9. The van der Waals surface area contributed by atoms with E-state index in [-0.39, 0.29) is 5.92 Å². The maximum absolute atomic E-state index is 11.3. The second kappa shape index (κ2) is 12.6. The largest absolute Gasteiger partial charge is 0.394 e. The highest BCUT2D eigenvalue weighted by Crippen LogP contribution is 2.37. The number of aliphatic hydroxyl groups is 6. The Hall–Kier alpha value is -0.520. The van der Waals surface area contributed by atoms with E-state index in [0.29, 0.717) is 18.8 Å². The minimum atomic E-state index is -1.44. The lowest BCUT2D eigenvalue weighted by Gasteiger charge is -2.48. The quantitative estimate of drug-likeness (QED) is 0.142. The van der Waals surface area contributed by atoms with Crippen molar-refractivity contribution in [1.82, 2.24) is 0 Å². The van der Waals surface area contributed by atoms with E-state index >= 15 is 0 Å². The molecular weight excluding hydrogens is 478 g/mol. The second-order valence-corrected chi connectivity index (χ2v) is 10.9. The average molecular weight is 524 g/mol. The highest BCUT2D eigenvalue weighted by Gasteiger charge is 2.52. The SMILES string of the molecule is CC(C)CC[C@@H]1CC(N)[C@@H](O[C@H]2OC(CO)[C@@H](O)[C@H](O)C2N)[C@H](O[C@@H]2O[C@H]([C@H](C)N)[C@H](O)C2O)C1O. The lowest BCUT2D eigenvalue weighted by Crippen LogP contribution is -2.66. The van der Waals surface area contributed by atoms with Crippen LogP contribution in [0.5, 0.6) is 0 Å². The highest BCUT2D eigenvalue weighted by molar-refractivity contribution is 5.00. The summed E-state index contributed by atoms with van der Waals surface area (Å²) < 4.78 is 23.3. The molecule has 0 radical (unpaired) electrons. The predicted octanol–water partition coefficient (Wildman–Crippen LogP) is -3.54. The van der Waals surface area contributed by atoms with Crippen LogP contribution in [-0.4, -0.2) is 123 Å². The van der Waals surface area contributed by atoms with Gasteiger partial charge in [0, 0.05) is 12.1 Å². The molecule has 0 amide bonds. The van der Waals surface area contributed by atoms with Crippen LogP contribution in [0.1, 0.15) is 40.0 Å². The van der Waals surface area contributed by atoms with Gasteiger partial charge in [-0.1, -0.05) is 20.3 Å². The van der Waals surface area contributed by atoms with E-state index in [1.807, 2.05) is 0 Å². The van der Waals surface area contributed by atoms with Crippen LogP contribution in [-0.2, 0) is 18.9 Å². The predicted molar refractivity (Wildman–Crippen MR) is 126 cm³/mol. The standard InChI is InChI=1S/C23H45N3O10/c1-8(2)4-5-10-6-11(25)20(35-22-13(26)16(30)15(29)12(7-27)33-22)21(14(10)28)36-23-18(32)17(31)19(34-23)9(3)24/h8-23,27-32H,4-7,24-26H2,1-3H3/t9-,10+,11?,12?,13?,14?,15+,16+,17+,18?,19+,20+,21+,22+,23-/m0/s1. The second-order valence-electron chi connectivity index (χ2n) is 10.9. The smallest absolute Gasteiger partial charge is 0.187 e. The Morgan fingerprint density at radius 3 is 2.03 bits per heavy atom. The van der Waals surface area contributed by atoms with Crippen LogP contribution in [0.3, 0.4) is 0 Å². The molecule has 3 rings (SSSR count). The molecule has 12 N–H and O–H groups in total. The van der Waals surface area contributed by atoms with E-state index in [1.165, 1.54) is 0 Å². The maximum atomic E-state index is 11.3. The van der Waals surface area contributed by atoms with E-state index in [2.05, 4.69) is 13.8 Å². The summed E-state index contributed by atoms with van der Waals surface area (Å²) in [5.41, 5.74) is 18.4. The zero-order valence-electron chi connectivity index (χ0n) is 21.1. The molecule has 1 saturated carbocycles. The van der Waals surface area contributed by atoms with Crippen LogP contribution >= 0.6 is 0 Å². The number of hydrogen-bond donors (Lipinski definition) is 9. The van der Waals surface area contributed by atoms with Crippen molar-refractivity contribution in [1.29, 1.82) is 0 Å². The first-order chi connectivity index (χ1) is 16.9. The zero-order chi connectivity index (χ0) is 26.9. The lowest BCUT2D eigenvalue weighted by molar-refractivity contribution is -0.313. The molecule has 0 aromatic carbocycles. The van der Waals surface area contributed by atoms with Gasteiger partial charge < -0.3 is 66.8 Å². The van der Waals surface area contributed by atoms with Gasteiger partial charge >= 0.3 is 0 Å². The van der Waals surface area contributed by atoms with Gasteiger partial charge in [0.2, 0.25) is 0 Å². The molecule has 0 aromatic rings. The van der Waals surface area contributed by atoms with E-state index in [9.17, 15) is 30.6 Å². The first kappa shape index (κ1) is 30.0. The Kier molecular flexibility index (Phi) is 10.5. The fourth-order valence-electron chi connectivity index (χ4n) is 5.26. The summed E-state index contributed by atoms with van der Waals surface area (Å²) in [5, 5.41) is 62.1. The molecule has 2 saturated heterocycles. The van der Waals surface area contributed by atoms with Crippen molar-refractivity contribution >= 4 is 0 Å². The molecule has 0 spiro atoms. The number of aliphatic hydroxyl groups excluding tert-OH is 6. The fourth-order valence-corrected chi connectivity index (χ4v) is 5.26. The summed E-state index contributed by atoms with van der Waals surface area (Å²) in [4.78, 5) is 0. The summed E-state index contributed by atoms with van der Waals surface area (Å²) in [6, 6.07) is -2.43. The van der Waals surface area contributed by atoms with Crippen molar-refractivity contribution in [3.8, 4) is 0 Å². The first-order valence-corrected chi connectivity index (χ1v) is 12.8. The average Bonchev–Trinajstić information content (AvgIpc) is 3.11. The molecule has 2 heterocycles. The molecule has 3 fully saturated rings. The van der Waals surface area contributed by atoms with E-state index in [4.69, 9.17) is 36.1 Å². The van der Waals surface area contributed by atoms with Crippen molar-refractivity contribution in [2.24, 2.45) is 29.0 Å². The van der Waals surface area contributed by atoms with Crippen LogP contribution in [0.25, 0.3) is 0 Å². The molecule has 0 bridgehead atoms. The molecule has 212 valence electrons. The molecule has 13 heteroatoms. The molecule has 36 heavy (non-hydrogen) atoms. The number of hydrogen-bond acceptors (Lipinski definition) is 13. The van der Waals surface area contributed by atoms with Crippen LogP contribution in [0.2, 0.25) is 0 Å². The van der Waals surface area contributed by atoms with Gasteiger partial charge in [0.05, 0.1) is 18.8 Å². The fraction of sp³-hybridized carbons (Fsp3) is 1.00. The molecule has 5 unspecified atom stereocenters. The Balaban J connectivity index is 1.83. The van der Waals surface area contributed by atoms with Gasteiger partial charge in [-0.25, -0.2) is 0 Å². The van der Waals surface area contributed by atoms with Gasteiger partial charge in [0.1, 0.15) is 48.8 Å². The minimum Gasteiger partial charge on any atom is -0.394 e. The van der Waals surface area contributed by atoms with Crippen molar-refractivity contribution in [3.63, 3.8) is 0 Å². The molecule has 2 aliphatic heterocycles. The summed E-state index contributed by atoms with van der Waals surface area (Å²) in [7, 11) is 0. The number of rotatable bonds is 9. The molecule has 0 aromatic heterocycles. The topological polar surface area (TPSA) is 236 Å². The minimum absolute atomic E-state index is 0.238. The summed E-state index contributed by atoms with van der Waals surface area (Å²) in [6.45, 7) is 5.19. The third kappa shape index (κ3) is 6.37. The van der Waals surface area contributed by atoms with Crippen LogP contribution < -0.4 is 17.2 Å². The number of nitrogens with two attached hydrogens (primary N) is 3. The molecular formula is C23H45N3O10. The van der Waals surface area contributed by atoms with Gasteiger partial charge in [0.15, 0.2) is 12.6 Å². The Labute approximate surface area is 211 Å². The number of ether oxygens (including phenoxy) is 4. The Morgan fingerprint density at radius 2 is 1.47 bits per heavy atom. The Bertz CT molecular complexity index is 689. The van der Waals surface area contributed by atoms with E-state index in [0.717, 1.165) is 6.42 Å². The van der Waals surface area contributed by atoms with Gasteiger partial charge in [-0.3, -0.25) is 0 Å². The molecule has 3 aliphatic rings. The van der Waals surface area contributed by atoms with Crippen molar-refractivity contribution in [3.05, 3.63) is 0 Å². The molecule has 15 atom stereocenters. The monoisotopic (exact) mass is 523 g/mol. The van der Waals surface area contributed by atoms with Crippen LogP contribution in [0.4, 0.5) is 0 Å².